The number of benzene rings is 2. The Balaban J connectivity index is 1.74. The molecule has 1 saturated heterocycles. The van der Waals surface area contributed by atoms with Crippen LogP contribution in [0, 0.1) is 0 Å². The third-order valence-electron chi connectivity index (χ3n) is 4.26. The molecule has 30 heavy (non-hydrogen) atoms. The molecule has 0 aliphatic carbocycles. The van der Waals surface area contributed by atoms with E-state index in [1.54, 1.807) is 62.5 Å². The molecular weight excluding hydrogens is 426 g/mol. The van der Waals surface area contributed by atoms with E-state index in [2.05, 4.69) is 10.3 Å². The Morgan fingerprint density at radius 1 is 1.27 bits per heavy atom. The molecule has 3 rings (SSSR count). The van der Waals surface area contributed by atoms with Crippen LogP contribution in [-0.4, -0.2) is 46.8 Å². The van der Waals surface area contributed by atoms with Crippen LogP contribution in [0.1, 0.15) is 23.7 Å². The van der Waals surface area contributed by atoms with Gasteiger partial charge in [0.25, 0.3) is 0 Å². The zero-order chi connectivity index (χ0) is 21.7. The molecule has 7 nitrogen and oxygen atoms in total. The van der Waals surface area contributed by atoms with Gasteiger partial charge in [-0.2, -0.15) is 0 Å². The maximum absolute atomic E-state index is 12.7. The fraction of sp³-hybridized carbons (Fsp3) is 0.238. The molecule has 0 aromatic heterocycles. The number of rotatable bonds is 5. The van der Waals surface area contributed by atoms with Crippen molar-refractivity contribution in [2.24, 2.45) is 4.99 Å². The molecule has 0 saturated carbocycles. The first-order chi connectivity index (χ1) is 14.4. The van der Waals surface area contributed by atoms with Crippen LogP contribution in [-0.2, 0) is 14.3 Å². The van der Waals surface area contributed by atoms with Crippen molar-refractivity contribution in [3.8, 4) is 0 Å². The van der Waals surface area contributed by atoms with Crippen LogP contribution in [0.25, 0.3) is 0 Å². The Morgan fingerprint density at radius 3 is 2.67 bits per heavy atom. The number of carbonyl (C=O) groups is 3. The molecule has 1 aliphatic rings. The molecule has 156 valence electrons. The van der Waals surface area contributed by atoms with Crippen molar-refractivity contribution in [2.75, 3.05) is 19.0 Å². The average molecular weight is 446 g/mol. The average Bonchev–Trinajstić information content (AvgIpc) is 2.72. The van der Waals surface area contributed by atoms with E-state index in [9.17, 15) is 14.4 Å². The number of aliphatic imine (C=N–C) groups is 1. The Morgan fingerprint density at radius 2 is 2.00 bits per heavy atom. The number of nitrogens with one attached hydrogen (secondary N) is 1. The molecule has 0 spiro atoms. The van der Waals surface area contributed by atoms with E-state index in [-0.39, 0.29) is 18.2 Å². The fourth-order valence-electron chi connectivity index (χ4n) is 2.68. The van der Waals surface area contributed by atoms with Gasteiger partial charge in [0.2, 0.25) is 11.8 Å². The number of carbonyl (C=O) groups excluding carboxylic acids is 3. The molecule has 1 fully saturated rings. The van der Waals surface area contributed by atoms with Crippen LogP contribution in [0.5, 0.6) is 0 Å². The summed E-state index contributed by atoms with van der Waals surface area (Å²) in [7, 11) is 1.62. The van der Waals surface area contributed by atoms with Crippen molar-refractivity contribution in [2.45, 2.75) is 18.6 Å². The first kappa shape index (κ1) is 21.9. The monoisotopic (exact) mass is 445 g/mol. The molecule has 1 aliphatic heterocycles. The lowest BCUT2D eigenvalue weighted by molar-refractivity contribution is -0.128. The zero-order valence-corrected chi connectivity index (χ0v) is 18.0. The van der Waals surface area contributed by atoms with Gasteiger partial charge in [0.1, 0.15) is 5.25 Å². The molecule has 1 heterocycles. The summed E-state index contributed by atoms with van der Waals surface area (Å²) in [5, 5.41) is 3.07. The van der Waals surface area contributed by atoms with E-state index in [0.717, 1.165) is 0 Å². The third-order valence-corrected chi connectivity index (χ3v) is 5.73. The minimum atomic E-state index is -0.620. The van der Waals surface area contributed by atoms with E-state index >= 15 is 0 Å². The minimum absolute atomic E-state index is 0.0639. The van der Waals surface area contributed by atoms with Crippen molar-refractivity contribution in [1.29, 1.82) is 0 Å². The molecule has 0 radical (unpaired) electrons. The standard InChI is InChI=1S/C21H20ClN3O4S/c1-3-29-20(28)13-7-9-15(10-8-13)24-21-25(2)18(26)12-17(30-21)19(27)23-16-6-4-5-14(22)11-16/h4-11,17H,3,12H2,1-2H3,(H,23,27). The van der Waals surface area contributed by atoms with Gasteiger partial charge >= 0.3 is 5.97 Å². The predicted octanol–water partition coefficient (Wildman–Crippen LogP) is 4.11. The van der Waals surface area contributed by atoms with Crippen LogP contribution >= 0.6 is 23.4 Å². The first-order valence-electron chi connectivity index (χ1n) is 9.23. The normalized spacial score (nSPS) is 17.7. The summed E-state index contributed by atoms with van der Waals surface area (Å²) < 4.78 is 4.96. The van der Waals surface area contributed by atoms with E-state index in [1.165, 1.54) is 16.7 Å². The minimum Gasteiger partial charge on any atom is -0.462 e. The van der Waals surface area contributed by atoms with Crippen LogP contribution in [0.4, 0.5) is 11.4 Å². The largest absolute Gasteiger partial charge is 0.462 e. The Bertz CT molecular complexity index is 994. The number of amides is 2. The second kappa shape index (κ2) is 9.77. The molecule has 2 aromatic carbocycles. The van der Waals surface area contributed by atoms with Crippen molar-refractivity contribution >= 4 is 57.7 Å². The maximum atomic E-state index is 12.7. The van der Waals surface area contributed by atoms with Gasteiger partial charge in [-0.15, -0.1) is 0 Å². The number of nitrogens with zero attached hydrogens (tertiary/aromatic N) is 2. The summed E-state index contributed by atoms with van der Waals surface area (Å²) in [6, 6.07) is 13.3. The third kappa shape index (κ3) is 5.40. The first-order valence-corrected chi connectivity index (χ1v) is 10.5. The highest BCUT2D eigenvalue weighted by molar-refractivity contribution is 8.15. The highest BCUT2D eigenvalue weighted by Gasteiger charge is 2.34. The molecule has 2 aromatic rings. The summed E-state index contributed by atoms with van der Waals surface area (Å²) in [4.78, 5) is 42.7. The van der Waals surface area contributed by atoms with Crippen molar-refractivity contribution in [3.63, 3.8) is 0 Å². The van der Waals surface area contributed by atoms with Crippen molar-refractivity contribution in [3.05, 3.63) is 59.1 Å². The summed E-state index contributed by atoms with van der Waals surface area (Å²) in [6.07, 6.45) is 0.0639. The molecule has 2 amide bonds. The summed E-state index contributed by atoms with van der Waals surface area (Å²) in [6.45, 7) is 2.04. The van der Waals surface area contributed by atoms with Crippen LogP contribution in [0.3, 0.4) is 0 Å². The number of halogens is 1. The number of hydrogen-bond acceptors (Lipinski definition) is 6. The summed E-state index contributed by atoms with van der Waals surface area (Å²) in [5.41, 5.74) is 1.54. The molecule has 1 N–H and O–H groups in total. The van der Waals surface area contributed by atoms with Gasteiger partial charge in [0.15, 0.2) is 5.17 Å². The maximum Gasteiger partial charge on any atom is 0.338 e. The van der Waals surface area contributed by atoms with Crippen LogP contribution < -0.4 is 5.32 Å². The molecule has 1 unspecified atom stereocenters. The number of amidine groups is 1. The lowest BCUT2D eigenvalue weighted by Crippen LogP contribution is -2.43. The van der Waals surface area contributed by atoms with Crippen molar-refractivity contribution in [1.82, 2.24) is 4.90 Å². The summed E-state index contributed by atoms with van der Waals surface area (Å²) in [5.74, 6) is -0.912. The molecule has 9 heteroatoms. The lowest BCUT2D eigenvalue weighted by atomic mass is 10.2. The summed E-state index contributed by atoms with van der Waals surface area (Å²) >= 11 is 7.16. The van der Waals surface area contributed by atoms with Gasteiger partial charge in [-0.1, -0.05) is 29.4 Å². The van der Waals surface area contributed by atoms with Crippen LogP contribution in [0.2, 0.25) is 5.02 Å². The fourth-order valence-corrected chi connectivity index (χ4v) is 3.94. The Labute approximate surface area is 183 Å². The van der Waals surface area contributed by atoms with E-state index in [0.29, 0.717) is 33.7 Å². The van der Waals surface area contributed by atoms with Gasteiger partial charge in [-0.05, 0) is 49.4 Å². The second-order valence-corrected chi connectivity index (χ2v) is 8.03. The van der Waals surface area contributed by atoms with Gasteiger partial charge in [-0.25, -0.2) is 9.79 Å². The van der Waals surface area contributed by atoms with E-state index in [4.69, 9.17) is 16.3 Å². The zero-order valence-electron chi connectivity index (χ0n) is 16.4. The van der Waals surface area contributed by atoms with Crippen molar-refractivity contribution < 1.29 is 19.1 Å². The molecular formula is C21H20ClN3O4S. The highest BCUT2D eigenvalue weighted by atomic mass is 35.5. The quantitative estimate of drug-likeness (QED) is 0.700. The SMILES string of the molecule is CCOC(=O)c1ccc(N=C2SC(C(=O)Nc3cccc(Cl)c3)CC(=O)N2C)cc1. The van der Waals surface area contributed by atoms with Gasteiger partial charge in [0, 0.05) is 24.2 Å². The molecule has 1 atom stereocenters. The Kier molecular flexibility index (Phi) is 7.12. The number of hydrogen-bond donors (Lipinski definition) is 1. The van der Waals surface area contributed by atoms with Gasteiger partial charge in [-0.3, -0.25) is 14.5 Å². The molecule has 0 bridgehead atoms. The van der Waals surface area contributed by atoms with Crippen LogP contribution in [0.15, 0.2) is 53.5 Å². The predicted molar refractivity (Wildman–Crippen MR) is 118 cm³/mol. The smallest absolute Gasteiger partial charge is 0.338 e. The van der Waals surface area contributed by atoms with Gasteiger partial charge in [0.05, 0.1) is 17.9 Å². The lowest BCUT2D eigenvalue weighted by Gasteiger charge is -2.28. The number of thioether (sulfide) groups is 1. The second-order valence-electron chi connectivity index (χ2n) is 6.42. The number of esters is 1. The van der Waals surface area contributed by atoms with E-state index in [1.807, 2.05) is 0 Å². The highest BCUT2D eigenvalue weighted by Crippen LogP contribution is 2.29. The number of anilines is 1. The topological polar surface area (TPSA) is 88.1 Å². The Hall–Kier alpha value is -2.84. The van der Waals surface area contributed by atoms with Gasteiger partial charge < -0.3 is 10.1 Å². The number of ether oxygens (including phenoxy) is 1. The van der Waals surface area contributed by atoms with E-state index < -0.39 is 11.2 Å².